The summed E-state index contributed by atoms with van der Waals surface area (Å²) in [5.41, 5.74) is 5.06. The van der Waals surface area contributed by atoms with Crippen molar-refractivity contribution in [2.45, 2.75) is 33.2 Å². The topological polar surface area (TPSA) is 79.9 Å². The van der Waals surface area contributed by atoms with Crippen LogP contribution in [0.5, 0.6) is 5.75 Å². The minimum atomic E-state index is -0.434. The van der Waals surface area contributed by atoms with Crippen molar-refractivity contribution >= 4 is 12.0 Å². The van der Waals surface area contributed by atoms with Gasteiger partial charge in [-0.3, -0.25) is 4.79 Å². The second-order valence-corrected chi connectivity index (χ2v) is 8.82. The Balaban J connectivity index is 1.71. The molecule has 1 heterocycles. The molecule has 1 amide bonds. The average molecular weight is 491 g/mol. The second-order valence-electron chi connectivity index (χ2n) is 8.82. The molecule has 0 aliphatic rings. The standard InChI is InChI=1S/C31H30N4O2/c1-4-17-37-29-16-15-25(18-22(29)2)30-27(21-35(34-30)28-13-9-6-10-14-28)19-26(20-32)31(36)33-23(3)24-11-7-5-8-12-24/h5-16,18-19,21,23H,4,17H2,1-3H3,(H,33,36)/b26-19-/t23-/m1/s1. The molecule has 1 N–H and O–H groups in total. The maximum absolute atomic E-state index is 13.0. The lowest BCUT2D eigenvalue weighted by atomic mass is 10.0. The smallest absolute Gasteiger partial charge is 0.262 e. The van der Waals surface area contributed by atoms with Crippen LogP contribution in [0.15, 0.2) is 90.6 Å². The third-order valence-corrected chi connectivity index (χ3v) is 5.99. The van der Waals surface area contributed by atoms with Gasteiger partial charge in [-0.25, -0.2) is 4.68 Å². The predicted octanol–water partition coefficient (Wildman–Crippen LogP) is 6.42. The molecule has 0 radical (unpaired) electrons. The Kier molecular flexibility index (Phi) is 8.17. The first-order valence-corrected chi connectivity index (χ1v) is 12.4. The van der Waals surface area contributed by atoms with E-state index in [0.29, 0.717) is 17.9 Å². The molecule has 0 saturated heterocycles. The molecule has 6 nitrogen and oxygen atoms in total. The summed E-state index contributed by atoms with van der Waals surface area (Å²) < 4.78 is 7.60. The van der Waals surface area contributed by atoms with Crippen LogP contribution in [0.2, 0.25) is 0 Å². The number of aromatic nitrogens is 2. The minimum absolute atomic E-state index is 0.0104. The van der Waals surface area contributed by atoms with E-state index in [-0.39, 0.29) is 11.6 Å². The average Bonchev–Trinajstić information content (AvgIpc) is 3.35. The Morgan fingerprint density at radius 2 is 1.81 bits per heavy atom. The summed E-state index contributed by atoms with van der Waals surface area (Å²) in [4.78, 5) is 13.0. The zero-order valence-electron chi connectivity index (χ0n) is 21.3. The van der Waals surface area contributed by atoms with Crippen molar-refractivity contribution in [1.29, 1.82) is 5.26 Å². The fourth-order valence-corrected chi connectivity index (χ4v) is 4.00. The third-order valence-electron chi connectivity index (χ3n) is 5.99. The molecule has 0 bridgehead atoms. The summed E-state index contributed by atoms with van der Waals surface area (Å²) in [7, 11) is 0. The third kappa shape index (κ3) is 6.14. The number of nitrogens with one attached hydrogen (secondary N) is 1. The summed E-state index contributed by atoms with van der Waals surface area (Å²) >= 11 is 0. The lowest BCUT2D eigenvalue weighted by molar-refractivity contribution is -0.117. The first-order valence-electron chi connectivity index (χ1n) is 12.4. The normalized spacial score (nSPS) is 12.0. The van der Waals surface area contributed by atoms with Gasteiger partial charge in [-0.05, 0) is 67.8 Å². The summed E-state index contributed by atoms with van der Waals surface area (Å²) in [5.74, 6) is 0.397. The van der Waals surface area contributed by atoms with Crippen LogP contribution >= 0.6 is 0 Å². The Labute approximate surface area is 217 Å². The highest BCUT2D eigenvalue weighted by Crippen LogP contribution is 2.30. The number of hydrogen-bond acceptors (Lipinski definition) is 4. The molecule has 0 unspecified atom stereocenters. The molecule has 4 aromatic rings. The van der Waals surface area contributed by atoms with Crippen LogP contribution in [-0.2, 0) is 4.79 Å². The van der Waals surface area contributed by atoms with Crippen LogP contribution in [0.1, 0.15) is 43.0 Å². The van der Waals surface area contributed by atoms with Gasteiger partial charge >= 0.3 is 0 Å². The van der Waals surface area contributed by atoms with Crippen molar-refractivity contribution in [2.24, 2.45) is 0 Å². The van der Waals surface area contributed by atoms with Crippen molar-refractivity contribution in [2.75, 3.05) is 6.61 Å². The summed E-state index contributed by atoms with van der Waals surface area (Å²) in [6.45, 7) is 6.62. The van der Waals surface area contributed by atoms with Gasteiger partial charge in [0, 0.05) is 17.3 Å². The van der Waals surface area contributed by atoms with Crippen molar-refractivity contribution in [1.82, 2.24) is 15.1 Å². The molecule has 1 aromatic heterocycles. The van der Waals surface area contributed by atoms with E-state index in [2.05, 4.69) is 18.3 Å². The predicted molar refractivity (Wildman–Crippen MR) is 146 cm³/mol. The van der Waals surface area contributed by atoms with Crippen LogP contribution < -0.4 is 10.1 Å². The van der Waals surface area contributed by atoms with Crippen LogP contribution in [-0.4, -0.2) is 22.3 Å². The molecular formula is C31H30N4O2. The van der Waals surface area contributed by atoms with Crippen LogP contribution in [0.4, 0.5) is 0 Å². The summed E-state index contributed by atoms with van der Waals surface area (Å²) in [6, 6.07) is 27.1. The SMILES string of the molecule is CCCOc1ccc(-c2nn(-c3ccccc3)cc2/C=C(/C#N)C(=O)N[C@H](C)c2ccccc2)cc1C. The molecule has 0 fully saturated rings. The van der Waals surface area contributed by atoms with Gasteiger partial charge in [-0.1, -0.05) is 55.5 Å². The van der Waals surface area contributed by atoms with Gasteiger partial charge in [0.1, 0.15) is 23.1 Å². The number of rotatable bonds is 9. The van der Waals surface area contributed by atoms with E-state index in [1.807, 2.05) is 98.9 Å². The van der Waals surface area contributed by atoms with Crippen molar-refractivity contribution in [3.05, 3.63) is 107 Å². The number of hydrogen-bond donors (Lipinski definition) is 1. The van der Waals surface area contributed by atoms with E-state index in [1.54, 1.807) is 10.8 Å². The van der Waals surface area contributed by atoms with Crippen LogP contribution in [0.25, 0.3) is 23.0 Å². The first-order chi connectivity index (χ1) is 18.0. The highest BCUT2D eigenvalue weighted by atomic mass is 16.5. The van der Waals surface area contributed by atoms with Crippen LogP contribution in [0, 0.1) is 18.3 Å². The molecule has 6 heteroatoms. The second kappa shape index (κ2) is 11.9. The lowest BCUT2D eigenvalue weighted by Crippen LogP contribution is -2.27. The first kappa shape index (κ1) is 25.5. The molecule has 0 aliphatic heterocycles. The molecule has 0 saturated carbocycles. The number of nitriles is 1. The molecule has 3 aromatic carbocycles. The number of amides is 1. The zero-order chi connectivity index (χ0) is 26.2. The molecule has 186 valence electrons. The maximum Gasteiger partial charge on any atom is 0.262 e. The van der Waals surface area contributed by atoms with E-state index in [0.717, 1.165) is 34.5 Å². The lowest BCUT2D eigenvalue weighted by Gasteiger charge is -2.13. The zero-order valence-corrected chi connectivity index (χ0v) is 21.3. The monoisotopic (exact) mass is 490 g/mol. The number of aryl methyl sites for hydroxylation is 1. The summed E-state index contributed by atoms with van der Waals surface area (Å²) in [5, 5.41) is 17.6. The molecule has 37 heavy (non-hydrogen) atoms. The molecule has 4 rings (SSSR count). The molecular weight excluding hydrogens is 460 g/mol. The highest BCUT2D eigenvalue weighted by Gasteiger charge is 2.18. The van der Waals surface area contributed by atoms with Crippen molar-refractivity contribution in [3.8, 4) is 28.8 Å². The largest absolute Gasteiger partial charge is 0.493 e. The summed E-state index contributed by atoms with van der Waals surface area (Å²) in [6.07, 6.45) is 4.37. The van der Waals surface area contributed by atoms with Gasteiger partial charge in [0.15, 0.2) is 0 Å². The number of para-hydroxylation sites is 1. The molecule has 0 aliphatic carbocycles. The van der Waals surface area contributed by atoms with Crippen molar-refractivity contribution < 1.29 is 9.53 Å². The van der Waals surface area contributed by atoms with Gasteiger partial charge in [0.05, 0.1) is 18.3 Å². The minimum Gasteiger partial charge on any atom is -0.493 e. The Bertz CT molecular complexity index is 1430. The van der Waals surface area contributed by atoms with Crippen LogP contribution in [0.3, 0.4) is 0 Å². The van der Waals surface area contributed by atoms with Gasteiger partial charge in [0.2, 0.25) is 0 Å². The maximum atomic E-state index is 13.0. The number of benzene rings is 3. The molecule has 1 atom stereocenters. The fourth-order valence-electron chi connectivity index (χ4n) is 4.00. The van der Waals surface area contributed by atoms with E-state index >= 15 is 0 Å². The quantitative estimate of drug-likeness (QED) is 0.217. The Hall–Kier alpha value is -4.63. The Morgan fingerprint density at radius 3 is 2.46 bits per heavy atom. The van der Waals surface area contributed by atoms with Gasteiger partial charge in [-0.15, -0.1) is 0 Å². The van der Waals surface area contributed by atoms with E-state index < -0.39 is 5.91 Å². The number of carbonyl (C=O) groups is 1. The number of carbonyl (C=O) groups excluding carboxylic acids is 1. The van der Waals surface area contributed by atoms with Gasteiger partial charge < -0.3 is 10.1 Å². The van der Waals surface area contributed by atoms with E-state index in [4.69, 9.17) is 9.84 Å². The number of nitrogens with zero attached hydrogens (tertiary/aromatic N) is 3. The highest BCUT2D eigenvalue weighted by molar-refractivity contribution is 6.02. The van der Waals surface area contributed by atoms with E-state index in [1.165, 1.54) is 0 Å². The van der Waals surface area contributed by atoms with Crippen molar-refractivity contribution in [3.63, 3.8) is 0 Å². The molecule has 0 spiro atoms. The Morgan fingerprint density at radius 1 is 1.11 bits per heavy atom. The number of ether oxygens (including phenoxy) is 1. The van der Waals surface area contributed by atoms with Gasteiger partial charge in [0.25, 0.3) is 5.91 Å². The fraction of sp³-hybridized carbons (Fsp3) is 0.194. The van der Waals surface area contributed by atoms with Gasteiger partial charge in [-0.2, -0.15) is 10.4 Å². The van der Waals surface area contributed by atoms with E-state index in [9.17, 15) is 10.1 Å².